The molecule has 1 N–H and O–H groups in total. The lowest BCUT2D eigenvalue weighted by molar-refractivity contribution is -0.156. The van der Waals surface area contributed by atoms with Crippen molar-refractivity contribution in [3.05, 3.63) is 0 Å². The summed E-state index contributed by atoms with van der Waals surface area (Å²) >= 11 is 0. The molecule has 1 atom stereocenters. The molecule has 0 saturated heterocycles. The third kappa shape index (κ3) is 4.84. The summed E-state index contributed by atoms with van der Waals surface area (Å²) in [5.41, 5.74) is -0.426. The first kappa shape index (κ1) is 16.0. The molecule has 1 aliphatic carbocycles. The summed E-state index contributed by atoms with van der Waals surface area (Å²) in [6.45, 7) is 7.76. The molecule has 0 aromatic rings. The first-order valence-corrected chi connectivity index (χ1v) is 7.33. The Morgan fingerprint density at radius 2 is 1.79 bits per heavy atom. The van der Waals surface area contributed by atoms with E-state index < -0.39 is 17.3 Å². The quantitative estimate of drug-likeness (QED) is 0.630. The normalized spacial score (nSPS) is 18.7. The Hall–Kier alpha value is -1.06. The maximum atomic E-state index is 12.4. The molecule has 1 saturated carbocycles. The first-order valence-electron chi connectivity index (χ1n) is 7.33. The van der Waals surface area contributed by atoms with Crippen molar-refractivity contribution in [1.82, 2.24) is 5.32 Å². The van der Waals surface area contributed by atoms with Crippen LogP contribution in [0, 0.1) is 11.3 Å². The molecule has 0 aromatic carbocycles. The van der Waals surface area contributed by atoms with Gasteiger partial charge in [0.1, 0.15) is 5.92 Å². The van der Waals surface area contributed by atoms with Crippen LogP contribution in [-0.2, 0) is 14.3 Å². The number of rotatable bonds is 4. The molecule has 4 heteroatoms. The minimum absolute atomic E-state index is 0.183. The van der Waals surface area contributed by atoms with Gasteiger partial charge in [-0.15, -0.1) is 0 Å². The Labute approximate surface area is 116 Å². The largest absolute Gasteiger partial charge is 0.465 e. The molecular formula is C15H27NO3. The van der Waals surface area contributed by atoms with Crippen LogP contribution in [0.3, 0.4) is 0 Å². The Morgan fingerprint density at radius 3 is 2.26 bits per heavy atom. The third-order valence-electron chi connectivity index (χ3n) is 3.60. The smallest absolute Gasteiger partial charge is 0.319 e. The minimum Gasteiger partial charge on any atom is -0.465 e. The summed E-state index contributed by atoms with van der Waals surface area (Å²) in [7, 11) is 0. The Morgan fingerprint density at radius 1 is 1.21 bits per heavy atom. The lowest BCUT2D eigenvalue weighted by Crippen LogP contribution is -2.47. The summed E-state index contributed by atoms with van der Waals surface area (Å²) in [5, 5.41) is 3.03. The number of amides is 1. The number of nitrogens with one attached hydrogen (secondary N) is 1. The van der Waals surface area contributed by atoms with Gasteiger partial charge >= 0.3 is 5.97 Å². The molecule has 0 bridgehead atoms. The molecule has 0 aromatic heterocycles. The van der Waals surface area contributed by atoms with Crippen molar-refractivity contribution in [3.8, 4) is 0 Å². The van der Waals surface area contributed by atoms with Crippen molar-refractivity contribution >= 4 is 11.9 Å². The van der Waals surface area contributed by atoms with Crippen molar-refractivity contribution < 1.29 is 14.3 Å². The van der Waals surface area contributed by atoms with Crippen LogP contribution in [0.15, 0.2) is 0 Å². The Balaban J connectivity index is 2.68. The molecular weight excluding hydrogens is 242 g/mol. The molecule has 1 aliphatic rings. The second-order valence-electron chi connectivity index (χ2n) is 6.39. The van der Waals surface area contributed by atoms with Crippen molar-refractivity contribution in [1.29, 1.82) is 0 Å². The molecule has 1 unspecified atom stereocenters. The van der Waals surface area contributed by atoms with Crippen LogP contribution in [0.25, 0.3) is 0 Å². The summed E-state index contributed by atoms with van der Waals surface area (Å²) in [4.78, 5) is 24.4. The number of carbonyl (C=O) groups is 2. The van der Waals surface area contributed by atoms with Gasteiger partial charge in [0.2, 0.25) is 5.91 Å². The highest BCUT2D eigenvalue weighted by atomic mass is 16.5. The fourth-order valence-electron chi connectivity index (χ4n) is 2.61. The number of esters is 1. The molecule has 0 radical (unpaired) electrons. The van der Waals surface area contributed by atoms with Gasteiger partial charge in [-0.2, -0.15) is 0 Å². The van der Waals surface area contributed by atoms with Crippen LogP contribution in [0.2, 0.25) is 0 Å². The second kappa shape index (κ2) is 6.92. The maximum Gasteiger partial charge on any atom is 0.319 e. The van der Waals surface area contributed by atoms with Gasteiger partial charge in [-0.3, -0.25) is 9.59 Å². The van der Waals surface area contributed by atoms with Crippen molar-refractivity contribution in [2.45, 2.75) is 65.8 Å². The number of hydrogen-bond acceptors (Lipinski definition) is 3. The maximum absolute atomic E-state index is 12.4. The zero-order valence-electron chi connectivity index (χ0n) is 12.6. The van der Waals surface area contributed by atoms with Crippen molar-refractivity contribution in [2.75, 3.05) is 6.61 Å². The highest BCUT2D eigenvalue weighted by Gasteiger charge is 2.39. The van der Waals surface area contributed by atoms with Gasteiger partial charge in [-0.05, 0) is 25.2 Å². The van der Waals surface area contributed by atoms with Gasteiger partial charge in [0, 0.05) is 6.04 Å². The topological polar surface area (TPSA) is 55.4 Å². The molecule has 0 heterocycles. The standard InChI is InChI=1S/C15H27NO3/c1-5-19-14(18)12(15(2,3)4)13(17)16-11-9-7-6-8-10-11/h11-12H,5-10H2,1-4H3,(H,16,17). The highest BCUT2D eigenvalue weighted by Crippen LogP contribution is 2.28. The molecule has 0 spiro atoms. The first-order chi connectivity index (χ1) is 8.86. The average molecular weight is 269 g/mol. The zero-order chi connectivity index (χ0) is 14.5. The monoisotopic (exact) mass is 269 g/mol. The van der Waals surface area contributed by atoms with E-state index in [4.69, 9.17) is 4.74 Å². The summed E-state index contributed by atoms with van der Waals surface area (Å²) in [6, 6.07) is 0.223. The van der Waals surface area contributed by atoms with Crippen molar-refractivity contribution in [2.24, 2.45) is 11.3 Å². The summed E-state index contributed by atoms with van der Waals surface area (Å²) in [6.07, 6.45) is 5.60. The van der Waals surface area contributed by atoms with Crippen LogP contribution >= 0.6 is 0 Å². The molecule has 19 heavy (non-hydrogen) atoms. The predicted molar refractivity (Wildman–Crippen MR) is 74.6 cm³/mol. The van der Waals surface area contributed by atoms with Gasteiger partial charge in [-0.25, -0.2) is 0 Å². The lowest BCUT2D eigenvalue weighted by Gasteiger charge is -2.30. The van der Waals surface area contributed by atoms with E-state index in [1.807, 2.05) is 20.8 Å². The molecule has 0 aliphatic heterocycles. The molecule has 1 fully saturated rings. The van der Waals surface area contributed by atoms with E-state index in [2.05, 4.69) is 5.32 Å². The van der Waals surface area contributed by atoms with Gasteiger partial charge < -0.3 is 10.1 Å². The lowest BCUT2D eigenvalue weighted by atomic mass is 9.79. The highest BCUT2D eigenvalue weighted by molar-refractivity contribution is 5.98. The molecule has 4 nitrogen and oxygen atoms in total. The Kier molecular flexibility index (Phi) is 5.83. The van der Waals surface area contributed by atoms with E-state index in [9.17, 15) is 9.59 Å². The number of ether oxygens (including phenoxy) is 1. The van der Waals surface area contributed by atoms with Crippen LogP contribution in [-0.4, -0.2) is 24.5 Å². The predicted octanol–water partition coefficient (Wildman–Crippen LogP) is 2.66. The van der Waals surface area contributed by atoms with Gasteiger partial charge in [0.25, 0.3) is 0 Å². The van der Waals surface area contributed by atoms with Crippen LogP contribution in [0.1, 0.15) is 59.8 Å². The average Bonchev–Trinajstić information content (AvgIpc) is 2.28. The van der Waals surface area contributed by atoms with Crippen LogP contribution in [0.4, 0.5) is 0 Å². The summed E-state index contributed by atoms with van der Waals surface area (Å²) < 4.78 is 5.04. The van der Waals surface area contributed by atoms with E-state index in [0.717, 1.165) is 25.7 Å². The van der Waals surface area contributed by atoms with Gasteiger partial charge in [-0.1, -0.05) is 40.0 Å². The third-order valence-corrected chi connectivity index (χ3v) is 3.60. The molecule has 1 amide bonds. The number of hydrogen-bond donors (Lipinski definition) is 1. The van der Waals surface area contributed by atoms with E-state index in [1.54, 1.807) is 6.92 Å². The van der Waals surface area contributed by atoms with Crippen LogP contribution in [0.5, 0.6) is 0 Å². The minimum atomic E-state index is -0.727. The second-order valence-corrected chi connectivity index (χ2v) is 6.39. The van der Waals surface area contributed by atoms with Crippen molar-refractivity contribution in [3.63, 3.8) is 0 Å². The fourth-order valence-corrected chi connectivity index (χ4v) is 2.61. The molecule has 110 valence electrons. The van der Waals surface area contributed by atoms with Gasteiger partial charge in [0.15, 0.2) is 0 Å². The summed E-state index contributed by atoms with van der Waals surface area (Å²) in [5.74, 6) is -1.32. The Bertz CT molecular complexity index is 314. The number of carbonyl (C=O) groups excluding carboxylic acids is 2. The van der Waals surface area contributed by atoms with E-state index in [0.29, 0.717) is 6.61 Å². The van der Waals surface area contributed by atoms with Gasteiger partial charge in [0.05, 0.1) is 6.61 Å². The van der Waals surface area contributed by atoms with E-state index in [1.165, 1.54) is 6.42 Å². The molecule has 1 rings (SSSR count). The van der Waals surface area contributed by atoms with E-state index in [-0.39, 0.29) is 11.9 Å². The van der Waals surface area contributed by atoms with Crippen LogP contribution < -0.4 is 5.32 Å². The zero-order valence-corrected chi connectivity index (χ0v) is 12.6. The SMILES string of the molecule is CCOC(=O)C(C(=O)NC1CCCCC1)C(C)(C)C. The van der Waals surface area contributed by atoms with E-state index >= 15 is 0 Å². The fraction of sp³-hybridized carbons (Fsp3) is 0.867.